The molecule has 0 heterocycles. The fraction of sp³-hybridized carbons (Fsp3) is 1.00. The van der Waals surface area contributed by atoms with Crippen LogP contribution in [0.5, 0.6) is 0 Å². The number of phosphoric acid groups is 1. The maximum Gasteiger partial charge on any atom is 1.00 e. The third kappa shape index (κ3) is 10.7. The average Bonchev–Trinajstić information content (AvgIpc) is 2.05. The predicted octanol–water partition coefficient (Wildman–Crippen LogP) is 2.09. The molecule has 0 bridgehead atoms. The summed E-state index contributed by atoms with van der Waals surface area (Å²) < 4.78 is 20.2. The Morgan fingerprint density at radius 1 is 1.07 bits per heavy atom. The summed E-state index contributed by atoms with van der Waals surface area (Å²) in [4.78, 5) is 11.0. The van der Waals surface area contributed by atoms with Gasteiger partial charge in [0.2, 0.25) is 0 Å². The molecule has 0 aliphatic rings. The molecule has 0 spiro atoms. The van der Waals surface area contributed by atoms with E-state index in [0.29, 0.717) is 0 Å². The van der Waals surface area contributed by atoms with Gasteiger partial charge in [-0.05, 0) is 12.8 Å². The Hall–Kier alpha value is 0.629. The van der Waals surface area contributed by atoms with Crippen molar-refractivity contribution in [3.05, 3.63) is 0 Å². The molecule has 0 rings (SSSR count). The van der Waals surface area contributed by atoms with Crippen LogP contribution in [0.3, 0.4) is 0 Å². The summed E-state index contributed by atoms with van der Waals surface area (Å²) in [6.07, 6.45) is 3.30. The van der Waals surface area contributed by atoms with Crippen molar-refractivity contribution in [2.24, 2.45) is 0 Å². The van der Waals surface area contributed by atoms with Crippen molar-refractivity contribution in [3.8, 4) is 0 Å². The van der Waals surface area contributed by atoms with Crippen molar-refractivity contribution in [1.29, 1.82) is 0 Å². The first-order valence-corrected chi connectivity index (χ1v) is 6.18. The molecular weight excluding hydrogens is 255 g/mol. The van der Waals surface area contributed by atoms with Gasteiger partial charge >= 0.3 is 17.1 Å². The first kappa shape index (κ1) is 17.0. The Labute approximate surface area is 96.5 Å². The summed E-state index contributed by atoms with van der Waals surface area (Å²) in [7, 11) is -4.00. The fourth-order valence-corrected chi connectivity index (χ4v) is 1.46. The summed E-state index contributed by atoms with van der Waals surface area (Å²) >= 11 is 0. The van der Waals surface area contributed by atoms with Gasteiger partial charge in [0.15, 0.2) is 0 Å². The van der Waals surface area contributed by atoms with Crippen LogP contribution in [-0.4, -0.2) is 13.2 Å². The predicted molar refractivity (Wildman–Crippen MR) is 49.3 cm³/mol. The normalized spacial score (nSPS) is 11.1. The number of rotatable bonds is 8. The minimum atomic E-state index is -4.00. The Morgan fingerprint density at radius 2 is 1.43 bits per heavy atom. The van der Waals surface area contributed by atoms with Gasteiger partial charge in [-0.1, -0.05) is 26.7 Å². The van der Waals surface area contributed by atoms with Crippen LogP contribution in [0, 0.1) is 0 Å². The summed E-state index contributed by atoms with van der Waals surface area (Å²) in [5, 5.41) is 0. The Balaban J connectivity index is 0. The molecule has 6 heteroatoms. The van der Waals surface area contributed by atoms with Gasteiger partial charge in [0.25, 0.3) is 7.82 Å². The standard InChI is InChI=1S/C8H19O4P.Cu/c1-3-5-7-11-13(9,10)12-8-6-4-2;/h3-8H2,1-2H3,(H,9,10);/q;+1/p-1. The Bertz CT molecular complexity index is 151. The second-order valence-electron chi connectivity index (χ2n) is 2.82. The molecule has 0 unspecified atom stereocenters. The molecule has 0 aliphatic carbocycles. The summed E-state index contributed by atoms with van der Waals surface area (Å²) in [5.41, 5.74) is 0. The van der Waals surface area contributed by atoms with Crippen LogP contribution < -0.4 is 4.89 Å². The molecule has 14 heavy (non-hydrogen) atoms. The topological polar surface area (TPSA) is 58.6 Å². The zero-order valence-electron chi connectivity index (χ0n) is 8.62. The van der Waals surface area contributed by atoms with Gasteiger partial charge < -0.3 is 13.9 Å². The molecule has 0 aromatic heterocycles. The Kier molecular flexibility index (Phi) is 12.4. The number of hydrogen-bond acceptors (Lipinski definition) is 4. The third-order valence-corrected chi connectivity index (χ3v) is 2.49. The van der Waals surface area contributed by atoms with Gasteiger partial charge in [0.05, 0.1) is 13.2 Å². The van der Waals surface area contributed by atoms with Gasteiger partial charge in [0.1, 0.15) is 0 Å². The molecule has 0 saturated heterocycles. The average molecular weight is 273 g/mol. The zero-order chi connectivity index (χ0) is 10.2. The van der Waals surface area contributed by atoms with Crippen LogP contribution in [0.25, 0.3) is 0 Å². The van der Waals surface area contributed by atoms with Crippen LogP contribution >= 0.6 is 7.82 Å². The Morgan fingerprint density at radius 3 is 1.71 bits per heavy atom. The van der Waals surface area contributed by atoms with E-state index in [2.05, 4.69) is 9.05 Å². The van der Waals surface area contributed by atoms with E-state index in [9.17, 15) is 9.46 Å². The molecule has 0 atom stereocenters. The summed E-state index contributed by atoms with van der Waals surface area (Å²) in [5.74, 6) is 0. The molecule has 0 N–H and O–H groups in total. The molecule has 4 nitrogen and oxygen atoms in total. The van der Waals surface area contributed by atoms with E-state index < -0.39 is 7.82 Å². The minimum absolute atomic E-state index is 0. The van der Waals surface area contributed by atoms with Crippen LogP contribution in [0.1, 0.15) is 39.5 Å². The van der Waals surface area contributed by atoms with Crippen LogP contribution in [0.15, 0.2) is 0 Å². The van der Waals surface area contributed by atoms with E-state index in [0.717, 1.165) is 25.7 Å². The van der Waals surface area contributed by atoms with Crippen molar-refractivity contribution in [1.82, 2.24) is 0 Å². The van der Waals surface area contributed by atoms with E-state index in [1.807, 2.05) is 13.8 Å². The van der Waals surface area contributed by atoms with Crippen molar-refractivity contribution in [2.45, 2.75) is 39.5 Å². The molecular formula is C8H18CuO4P. The maximum atomic E-state index is 11.0. The van der Waals surface area contributed by atoms with E-state index in [4.69, 9.17) is 0 Å². The first-order chi connectivity index (χ1) is 6.12. The van der Waals surface area contributed by atoms with Crippen molar-refractivity contribution >= 4 is 7.82 Å². The SMILES string of the molecule is CCCCOP(=O)([O-])OCCCC.[Cu+]. The van der Waals surface area contributed by atoms with Crippen LogP contribution in [-0.2, 0) is 30.7 Å². The van der Waals surface area contributed by atoms with Crippen molar-refractivity contribution in [3.63, 3.8) is 0 Å². The van der Waals surface area contributed by atoms with E-state index >= 15 is 0 Å². The largest absolute Gasteiger partial charge is 1.00 e. The van der Waals surface area contributed by atoms with Crippen LogP contribution in [0.4, 0.5) is 0 Å². The molecule has 0 fully saturated rings. The molecule has 0 radical (unpaired) electrons. The zero-order valence-corrected chi connectivity index (χ0v) is 10.5. The van der Waals surface area contributed by atoms with Gasteiger partial charge in [-0.15, -0.1) is 0 Å². The number of hydrogen-bond donors (Lipinski definition) is 0. The van der Waals surface area contributed by atoms with Gasteiger partial charge in [-0.2, -0.15) is 0 Å². The molecule has 0 aromatic rings. The summed E-state index contributed by atoms with van der Waals surface area (Å²) in [6, 6.07) is 0. The van der Waals surface area contributed by atoms with Crippen molar-refractivity contribution < 1.29 is 35.6 Å². The van der Waals surface area contributed by atoms with Crippen LogP contribution in [0.2, 0.25) is 0 Å². The van der Waals surface area contributed by atoms with E-state index in [1.165, 1.54) is 0 Å². The molecule has 0 aliphatic heterocycles. The quantitative estimate of drug-likeness (QED) is 0.386. The second-order valence-corrected chi connectivity index (χ2v) is 4.23. The molecule has 0 aromatic carbocycles. The molecule has 90 valence electrons. The van der Waals surface area contributed by atoms with E-state index in [-0.39, 0.29) is 30.3 Å². The summed E-state index contributed by atoms with van der Waals surface area (Å²) in [6.45, 7) is 4.39. The van der Waals surface area contributed by atoms with Gasteiger partial charge in [-0.25, -0.2) is 0 Å². The van der Waals surface area contributed by atoms with Gasteiger partial charge in [-0.3, -0.25) is 4.57 Å². The molecule has 0 amide bonds. The fourth-order valence-electron chi connectivity index (χ4n) is 0.679. The smallest absolute Gasteiger partial charge is 0.756 e. The van der Waals surface area contributed by atoms with Crippen molar-refractivity contribution in [2.75, 3.05) is 13.2 Å². The first-order valence-electron chi connectivity index (χ1n) is 4.72. The second kappa shape index (κ2) is 10.2. The number of unbranched alkanes of at least 4 members (excludes halogenated alkanes) is 2. The van der Waals surface area contributed by atoms with Gasteiger partial charge in [0, 0.05) is 0 Å². The molecule has 0 saturated carbocycles. The monoisotopic (exact) mass is 272 g/mol. The van der Waals surface area contributed by atoms with E-state index in [1.54, 1.807) is 0 Å². The minimum Gasteiger partial charge on any atom is -0.756 e. The maximum absolute atomic E-state index is 11.0. The number of phosphoric ester groups is 1. The third-order valence-electron chi connectivity index (χ3n) is 1.49.